The Balaban J connectivity index is 2.53. The molecule has 3 nitrogen and oxygen atoms in total. The lowest BCUT2D eigenvalue weighted by molar-refractivity contribution is -0.139. The fourth-order valence-corrected chi connectivity index (χ4v) is 1.62. The summed E-state index contributed by atoms with van der Waals surface area (Å²) in [5.74, 6) is -0.253. The molecule has 1 rings (SSSR count). The van der Waals surface area contributed by atoms with Crippen molar-refractivity contribution in [3.05, 3.63) is 34.3 Å². The summed E-state index contributed by atoms with van der Waals surface area (Å²) in [6, 6.07) is 8.10. The third-order valence-corrected chi connectivity index (χ3v) is 2.62. The first-order chi connectivity index (χ1) is 7.13. The number of nitrogens with one attached hydrogen (secondary N) is 1. The van der Waals surface area contributed by atoms with Crippen LogP contribution in [0.15, 0.2) is 28.7 Å². The molecule has 0 aliphatic carbocycles. The van der Waals surface area contributed by atoms with Crippen molar-refractivity contribution < 1.29 is 9.53 Å². The number of methoxy groups -OCH3 is 1. The number of hydrogen-bond donors (Lipinski definition) is 1. The molecule has 1 N–H and O–H groups in total. The van der Waals surface area contributed by atoms with E-state index in [2.05, 4.69) is 26.0 Å². The van der Waals surface area contributed by atoms with E-state index in [-0.39, 0.29) is 18.6 Å². The quantitative estimate of drug-likeness (QED) is 0.854. The van der Waals surface area contributed by atoms with Gasteiger partial charge in [-0.1, -0.05) is 28.1 Å². The molecule has 4 heteroatoms. The third kappa shape index (κ3) is 4.01. The predicted octanol–water partition coefficient (Wildman–Crippen LogP) is 2.27. The molecule has 0 radical (unpaired) electrons. The van der Waals surface area contributed by atoms with Crippen LogP contribution in [0, 0.1) is 0 Å². The molecular formula is C11H14BrNO2. The zero-order valence-corrected chi connectivity index (χ0v) is 10.4. The SMILES string of the molecule is COC(=O)CNC(C)c1cccc(Br)c1. The summed E-state index contributed by atoms with van der Waals surface area (Å²) >= 11 is 3.40. The molecular weight excluding hydrogens is 258 g/mol. The van der Waals surface area contributed by atoms with Crippen LogP contribution in [-0.2, 0) is 9.53 Å². The number of ether oxygens (including phenoxy) is 1. The van der Waals surface area contributed by atoms with E-state index in [0.29, 0.717) is 0 Å². The Morgan fingerprint density at radius 1 is 1.60 bits per heavy atom. The lowest BCUT2D eigenvalue weighted by Gasteiger charge is -2.13. The van der Waals surface area contributed by atoms with E-state index in [1.165, 1.54) is 7.11 Å². The zero-order valence-electron chi connectivity index (χ0n) is 8.79. The van der Waals surface area contributed by atoms with E-state index in [0.717, 1.165) is 10.0 Å². The highest BCUT2D eigenvalue weighted by molar-refractivity contribution is 9.10. The molecule has 0 bridgehead atoms. The van der Waals surface area contributed by atoms with Gasteiger partial charge in [0.15, 0.2) is 0 Å². The van der Waals surface area contributed by atoms with Crippen LogP contribution in [0.3, 0.4) is 0 Å². The van der Waals surface area contributed by atoms with Crippen LogP contribution >= 0.6 is 15.9 Å². The molecule has 0 aliphatic heterocycles. The number of rotatable bonds is 4. The Morgan fingerprint density at radius 2 is 2.33 bits per heavy atom. The van der Waals surface area contributed by atoms with E-state index in [4.69, 9.17) is 0 Å². The minimum absolute atomic E-state index is 0.126. The lowest BCUT2D eigenvalue weighted by Crippen LogP contribution is -2.26. The van der Waals surface area contributed by atoms with E-state index in [1.807, 2.05) is 31.2 Å². The second kappa shape index (κ2) is 5.88. The first kappa shape index (κ1) is 12.2. The van der Waals surface area contributed by atoms with Gasteiger partial charge in [0, 0.05) is 10.5 Å². The topological polar surface area (TPSA) is 38.3 Å². The normalized spacial score (nSPS) is 12.2. The molecule has 0 saturated carbocycles. The van der Waals surface area contributed by atoms with Crippen LogP contribution in [0.25, 0.3) is 0 Å². The van der Waals surface area contributed by atoms with Gasteiger partial charge in [-0.25, -0.2) is 0 Å². The van der Waals surface area contributed by atoms with Crippen LogP contribution < -0.4 is 5.32 Å². The number of carbonyl (C=O) groups is 1. The molecule has 15 heavy (non-hydrogen) atoms. The second-order valence-corrected chi connectivity index (χ2v) is 4.15. The van der Waals surface area contributed by atoms with Crippen LogP contribution in [0.4, 0.5) is 0 Å². The van der Waals surface area contributed by atoms with Crippen LogP contribution in [0.1, 0.15) is 18.5 Å². The first-order valence-corrected chi connectivity index (χ1v) is 5.48. The van der Waals surface area contributed by atoms with E-state index in [9.17, 15) is 4.79 Å². The van der Waals surface area contributed by atoms with Gasteiger partial charge in [-0.3, -0.25) is 4.79 Å². The summed E-state index contributed by atoms with van der Waals surface area (Å²) < 4.78 is 5.58. The highest BCUT2D eigenvalue weighted by Gasteiger charge is 2.07. The minimum Gasteiger partial charge on any atom is -0.468 e. The summed E-state index contributed by atoms with van der Waals surface area (Å²) in [4.78, 5) is 10.9. The average Bonchev–Trinajstić information content (AvgIpc) is 2.25. The number of hydrogen-bond acceptors (Lipinski definition) is 3. The van der Waals surface area contributed by atoms with Crippen molar-refractivity contribution in [1.29, 1.82) is 0 Å². The van der Waals surface area contributed by atoms with E-state index >= 15 is 0 Å². The van der Waals surface area contributed by atoms with Crippen molar-refractivity contribution in [2.45, 2.75) is 13.0 Å². The molecule has 1 unspecified atom stereocenters. The number of carbonyl (C=O) groups excluding carboxylic acids is 1. The van der Waals surface area contributed by atoms with Crippen molar-refractivity contribution in [2.24, 2.45) is 0 Å². The van der Waals surface area contributed by atoms with E-state index in [1.54, 1.807) is 0 Å². The Morgan fingerprint density at radius 3 is 2.93 bits per heavy atom. The summed E-state index contributed by atoms with van der Waals surface area (Å²) in [5, 5.41) is 3.08. The van der Waals surface area contributed by atoms with Crippen molar-refractivity contribution in [3.8, 4) is 0 Å². The van der Waals surface area contributed by atoms with Gasteiger partial charge >= 0.3 is 5.97 Å². The van der Waals surface area contributed by atoms with Crippen molar-refractivity contribution in [3.63, 3.8) is 0 Å². The molecule has 1 aromatic rings. The fraction of sp³-hybridized carbons (Fsp3) is 0.364. The van der Waals surface area contributed by atoms with Gasteiger partial charge < -0.3 is 10.1 Å². The van der Waals surface area contributed by atoms with Crippen molar-refractivity contribution in [1.82, 2.24) is 5.32 Å². The highest BCUT2D eigenvalue weighted by Crippen LogP contribution is 2.17. The molecule has 0 aliphatic rings. The fourth-order valence-electron chi connectivity index (χ4n) is 1.20. The minimum atomic E-state index is -0.253. The smallest absolute Gasteiger partial charge is 0.319 e. The first-order valence-electron chi connectivity index (χ1n) is 4.69. The molecule has 0 amide bonds. The molecule has 0 aromatic heterocycles. The van der Waals surface area contributed by atoms with Gasteiger partial charge in [0.1, 0.15) is 0 Å². The maximum Gasteiger partial charge on any atom is 0.319 e. The molecule has 82 valence electrons. The van der Waals surface area contributed by atoms with Crippen LogP contribution in [-0.4, -0.2) is 19.6 Å². The summed E-state index contributed by atoms with van der Waals surface area (Å²) in [6.45, 7) is 2.23. The molecule has 1 aromatic carbocycles. The summed E-state index contributed by atoms with van der Waals surface area (Å²) in [6.07, 6.45) is 0. The molecule has 0 spiro atoms. The zero-order chi connectivity index (χ0) is 11.3. The average molecular weight is 272 g/mol. The molecule has 0 heterocycles. The lowest BCUT2D eigenvalue weighted by atomic mass is 10.1. The van der Waals surface area contributed by atoms with Crippen molar-refractivity contribution >= 4 is 21.9 Å². The number of benzene rings is 1. The number of esters is 1. The van der Waals surface area contributed by atoms with Gasteiger partial charge in [0.05, 0.1) is 13.7 Å². The van der Waals surface area contributed by atoms with Crippen LogP contribution in [0.2, 0.25) is 0 Å². The Kier molecular flexibility index (Phi) is 4.78. The molecule has 0 saturated heterocycles. The highest BCUT2D eigenvalue weighted by atomic mass is 79.9. The Labute approximate surface area is 97.9 Å². The predicted molar refractivity (Wildman–Crippen MR) is 62.6 cm³/mol. The van der Waals surface area contributed by atoms with Gasteiger partial charge in [-0.05, 0) is 24.6 Å². The van der Waals surface area contributed by atoms with Gasteiger partial charge in [-0.15, -0.1) is 0 Å². The van der Waals surface area contributed by atoms with Gasteiger partial charge in [0.2, 0.25) is 0 Å². The standard InChI is InChI=1S/C11H14BrNO2/c1-8(13-7-11(14)15-2)9-4-3-5-10(12)6-9/h3-6,8,13H,7H2,1-2H3. The van der Waals surface area contributed by atoms with Gasteiger partial charge in [0.25, 0.3) is 0 Å². The maximum absolute atomic E-state index is 10.9. The Hall–Kier alpha value is -0.870. The molecule has 1 atom stereocenters. The summed E-state index contributed by atoms with van der Waals surface area (Å²) in [5.41, 5.74) is 1.13. The second-order valence-electron chi connectivity index (χ2n) is 3.23. The van der Waals surface area contributed by atoms with E-state index < -0.39 is 0 Å². The number of halogens is 1. The maximum atomic E-state index is 10.9. The summed E-state index contributed by atoms with van der Waals surface area (Å²) in [7, 11) is 1.38. The molecule has 0 fully saturated rings. The monoisotopic (exact) mass is 271 g/mol. The Bertz CT molecular complexity index is 341. The largest absolute Gasteiger partial charge is 0.468 e. The third-order valence-electron chi connectivity index (χ3n) is 2.13. The van der Waals surface area contributed by atoms with Crippen molar-refractivity contribution in [2.75, 3.05) is 13.7 Å². The van der Waals surface area contributed by atoms with Gasteiger partial charge in [-0.2, -0.15) is 0 Å². The van der Waals surface area contributed by atoms with Crippen LogP contribution in [0.5, 0.6) is 0 Å².